The summed E-state index contributed by atoms with van der Waals surface area (Å²) in [5, 5.41) is 10.1. The highest BCUT2D eigenvalue weighted by molar-refractivity contribution is 5.76. The maximum absolute atomic E-state index is 11.6. The highest BCUT2D eigenvalue weighted by Crippen LogP contribution is 2.29. The Hall–Kier alpha value is -1.30. The first kappa shape index (κ1) is 12.2. The largest absolute Gasteiger partial charge is 0.439 e. The zero-order valence-corrected chi connectivity index (χ0v) is 10.1. The Kier molecular flexibility index (Phi) is 3.24. The fourth-order valence-electron chi connectivity index (χ4n) is 2.00. The fourth-order valence-corrected chi connectivity index (χ4v) is 2.00. The van der Waals surface area contributed by atoms with Crippen LogP contribution in [0, 0.1) is 5.92 Å². The van der Waals surface area contributed by atoms with Gasteiger partial charge in [-0.1, -0.05) is 6.42 Å². The molecule has 0 aromatic heterocycles. The van der Waals surface area contributed by atoms with Crippen LogP contribution in [0.3, 0.4) is 0 Å². The van der Waals surface area contributed by atoms with Gasteiger partial charge in [-0.3, -0.25) is 10.0 Å². The topological polar surface area (TPSA) is 70.1 Å². The van der Waals surface area contributed by atoms with Crippen LogP contribution in [0.5, 0.6) is 0 Å². The van der Waals surface area contributed by atoms with E-state index in [0.29, 0.717) is 11.5 Å². The van der Waals surface area contributed by atoms with Gasteiger partial charge in [-0.15, -0.1) is 0 Å². The first-order valence-electron chi connectivity index (χ1n) is 5.96. The van der Waals surface area contributed by atoms with Gasteiger partial charge in [-0.2, -0.15) is 5.06 Å². The quantitative estimate of drug-likeness (QED) is 0.583. The number of hydrogen-bond donors (Lipinski definition) is 1. The van der Waals surface area contributed by atoms with Crippen molar-refractivity contribution in [2.45, 2.75) is 44.9 Å². The van der Waals surface area contributed by atoms with E-state index in [-0.39, 0.29) is 17.9 Å². The Balaban J connectivity index is 1.95. The first-order chi connectivity index (χ1) is 8.00. The van der Waals surface area contributed by atoms with Crippen LogP contribution in [0.1, 0.15) is 32.6 Å². The number of rotatable bonds is 2. The van der Waals surface area contributed by atoms with Gasteiger partial charge >= 0.3 is 12.0 Å². The van der Waals surface area contributed by atoms with Gasteiger partial charge in [0.2, 0.25) is 6.23 Å². The van der Waals surface area contributed by atoms with Crippen molar-refractivity contribution in [3.05, 3.63) is 0 Å². The Morgan fingerprint density at radius 3 is 2.65 bits per heavy atom. The minimum absolute atomic E-state index is 0.0477. The highest BCUT2D eigenvalue weighted by atomic mass is 16.6. The Morgan fingerprint density at radius 1 is 1.47 bits per heavy atom. The minimum atomic E-state index is -0.846. The van der Waals surface area contributed by atoms with Gasteiger partial charge in [0.05, 0.1) is 5.92 Å². The lowest BCUT2D eigenvalue weighted by Gasteiger charge is -2.39. The summed E-state index contributed by atoms with van der Waals surface area (Å²) >= 11 is 0. The van der Waals surface area contributed by atoms with Crippen molar-refractivity contribution in [1.29, 1.82) is 0 Å². The number of carbonyl (C=O) groups is 2. The lowest BCUT2D eigenvalue weighted by molar-refractivity contribution is -0.213. The molecular weight excluding hydrogens is 224 g/mol. The molecule has 0 bridgehead atoms. The lowest BCUT2D eigenvalue weighted by Crippen LogP contribution is -2.56. The zero-order valence-electron chi connectivity index (χ0n) is 10.1. The van der Waals surface area contributed by atoms with E-state index in [2.05, 4.69) is 0 Å². The third kappa shape index (κ3) is 2.22. The summed E-state index contributed by atoms with van der Waals surface area (Å²) in [7, 11) is 1.61. The molecule has 1 N–H and O–H groups in total. The van der Waals surface area contributed by atoms with E-state index in [0.717, 1.165) is 19.3 Å². The van der Waals surface area contributed by atoms with Crippen molar-refractivity contribution in [3.63, 3.8) is 0 Å². The van der Waals surface area contributed by atoms with Crippen molar-refractivity contribution < 1.29 is 19.5 Å². The molecule has 96 valence electrons. The summed E-state index contributed by atoms with van der Waals surface area (Å²) < 4.78 is 5.19. The second-order valence-electron chi connectivity index (χ2n) is 4.84. The number of esters is 1. The second-order valence-corrected chi connectivity index (χ2v) is 4.84. The van der Waals surface area contributed by atoms with Crippen LogP contribution >= 0.6 is 0 Å². The van der Waals surface area contributed by atoms with Gasteiger partial charge in [-0.25, -0.2) is 4.79 Å². The number of hydroxylamine groups is 2. The molecule has 1 aliphatic heterocycles. The molecule has 0 radical (unpaired) electrons. The summed E-state index contributed by atoms with van der Waals surface area (Å²) in [5.41, 5.74) is 0. The molecule has 0 aromatic carbocycles. The fraction of sp³-hybridized carbons (Fsp3) is 0.818. The normalized spacial score (nSPS) is 30.2. The molecule has 2 fully saturated rings. The number of hydrogen-bond acceptors (Lipinski definition) is 4. The van der Waals surface area contributed by atoms with Gasteiger partial charge in [0.15, 0.2) is 0 Å². The standard InChI is InChI=1S/C11H18N2O4/c1-7-6-9(13(16)11(15)12(7)2)17-10(14)8-4-3-5-8/h7-9,16H,3-6H2,1-2H3. The molecule has 1 aliphatic carbocycles. The van der Waals surface area contributed by atoms with E-state index in [9.17, 15) is 14.8 Å². The monoisotopic (exact) mass is 242 g/mol. The maximum atomic E-state index is 11.6. The molecule has 2 rings (SSSR count). The van der Waals surface area contributed by atoms with E-state index in [1.165, 1.54) is 4.90 Å². The summed E-state index contributed by atoms with van der Waals surface area (Å²) in [6.07, 6.45) is 2.32. The van der Waals surface area contributed by atoms with Crippen LogP contribution in [-0.4, -0.2) is 46.5 Å². The minimum Gasteiger partial charge on any atom is -0.439 e. The Bertz CT molecular complexity index is 329. The van der Waals surface area contributed by atoms with Crippen LogP contribution in [0.4, 0.5) is 4.79 Å². The number of carbonyl (C=O) groups excluding carboxylic acids is 2. The van der Waals surface area contributed by atoms with Crippen molar-refractivity contribution in [2.75, 3.05) is 7.05 Å². The molecule has 2 amide bonds. The van der Waals surface area contributed by atoms with Gasteiger partial charge in [0, 0.05) is 19.5 Å². The van der Waals surface area contributed by atoms with Crippen molar-refractivity contribution >= 4 is 12.0 Å². The molecule has 6 heteroatoms. The van der Waals surface area contributed by atoms with Gasteiger partial charge < -0.3 is 9.64 Å². The summed E-state index contributed by atoms with van der Waals surface area (Å²) in [5.74, 6) is -0.349. The molecule has 1 saturated carbocycles. The molecule has 17 heavy (non-hydrogen) atoms. The molecule has 2 unspecified atom stereocenters. The van der Waals surface area contributed by atoms with Gasteiger partial charge in [-0.05, 0) is 19.8 Å². The first-order valence-corrected chi connectivity index (χ1v) is 5.96. The number of ether oxygens (including phenoxy) is 1. The second kappa shape index (κ2) is 4.52. The summed E-state index contributed by atoms with van der Waals surface area (Å²) in [6.45, 7) is 1.86. The zero-order chi connectivity index (χ0) is 12.6. The SMILES string of the molecule is CC1CC(OC(=O)C2CCC2)N(O)C(=O)N1C. The third-order valence-corrected chi connectivity index (χ3v) is 3.67. The molecule has 0 spiro atoms. The third-order valence-electron chi connectivity index (χ3n) is 3.67. The van der Waals surface area contributed by atoms with Crippen LogP contribution in [0.15, 0.2) is 0 Å². The van der Waals surface area contributed by atoms with E-state index in [1.54, 1.807) is 7.05 Å². The predicted molar refractivity (Wildman–Crippen MR) is 58.1 cm³/mol. The number of urea groups is 1. The Morgan fingerprint density at radius 2 is 2.12 bits per heavy atom. The molecular formula is C11H18N2O4. The van der Waals surface area contributed by atoms with Gasteiger partial charge in [0.25, 0.3) is 0 Å². The lowest BCUT2D eigenvalue weighted by atomic mass is 9.86. The van der Waals surface area contributed by atoms with E-state index in [1.807, 2.05) is 6.92 Å². The smallest absolute Gasteiger partial charge is 0.347 e. The predicted octanol–water partition coefficient (Wildman–Crippen LogP) is 1.19. The average molecular weight is 242 g/mol. The van der Waals surface area contributed by atoms with Gasteiger partial charge in [0.1, 0.15) is 0 Å². The van der Waals surface area contributed by atoms with Crippen molar-refractivity contribution in [2.24, 2.45) is 5.92 Å². The highest BCUT2D eigenvalue weighted by Gasteiger charge is 2.39. The van der Waals surface area contributed by atoms with E-state index >= 15 is 0 Å². The summed E-state index contributed by atoms with van der Waals surface area (Å²) in [4.78, 5) is 24.7. The van der Waals surface area contributed by atoms with Crippen molar-refractivity contribution in [1.82, 2.24) is 9.96 Å². The maximum Gasteiger partial charge on any atom is 0.347 e. The molecule has 1 saturated heterocycles. The molecule has 0 aromatic rings. The van der Waals surface area contributed by atoms with Crippen LogP contribution < -0.4 is 0 Å². The average Bonchev–Trinajstić information content (AvgIpc) is 2.20. The molecule has 1 heterocycles. The van der Waals surface area contributed by atoms with E-state index in [4.69, 9.17) is 4.74 Å². The Labute approximate surface area is 100 Å². The number of nitrogens with zero attached hydrogens (tertiary/aromatic N) is 2. The van der Waals surface area contributed by atoms with Crippen LogP contribution in [0.25, 0.3) is 0 Å². The number of amides is 2. The van der Waals surface area contributed by atoms with Crippen molar-refractivity contribution in [3.8, 4) is 0 Å². The van der Waals surface area contributed by atoms with Crippen LogP contribution in [0.2, 0.25) is 0 Å². The molecule has 6 nitrogen and oxygen atoms in total. The van der Waals surface area contributed by atoms with E-state index < -0.39 is 12.3 Å². The van der Waals surface area contributed by atoms with Crippen LogP contribution in [-0.2, 0) is 9.53 Å². The summed E-state index contributed by atoms with van der Waals surface area (Å²) in [6, 6.07) is -0.583. The molecule has 2 atom stereocenters. The molecule has 2 aliphatic rings.